The molecule has 0 fully saturated rings. The Balaban J connectivity index is 1.83. The molecule has 0 unspecified atom stereocenters. The van der Waals surface area contributed by atoms with Gasteiger partial charge < -0.3 is 0 Å². The van der Waals surface area contributed by atoms with E-state index < -0.39 is 0 Å². The van der Waals surface area contributed by atoms with Gasteiger partial charge in [-0.1, -0.05) is 30.0 Å². The highest BCUT2D eigenvalue weighted by molar-refractivity contribution is 8.00. The van der Waals surface area contributed by atoms with Crippen LogP contribution in [0.4, 0.5) is 0 Å². The molecule has 6 heteroatoms. The van der Waals surface area contributed by atoms with Crippen molar-refractivity contribution in [1.29, 1.82) is 0 Å². The third-order valence-electron chi connectivity index (χ3n) is 4.62. The van der Waals surface area contributed by atoms with Gasteiger partial charge in [-0.25, -0.2) is 0 Å². The van der Waals surface area contributed by atoms with Gasteiger partial charge in [-0.15, -0.1) is 5.10 Å². The molecule has 0 bridgehead atoms. The summed E-state index contributed by atoms with van der Waals surface area (Å²) in [6, 6.07) is 11.9. The number of hydrogen-bond acceptors (Lipinski definition) is 5. The lowest BCUT2D eigenvalue weighted by Crippen LogP contribution is -2.15. The number of hydrogen-bond donors (Lipinski definition) is 0. The van der Waals surface area contributed by atoms with E-state index in [0.717, 1.165) is 16.8 Å². The molecule has 1 aromatic heterocycles. The molecule has 1 heterocycles. The lowest BCUT2D eigenvalue weighted by molar-refractivity contribution is 0.0993. The molecule has 1 atom stereocenters. The average Bonchev–Trinajstić information content (AvgIpc) is 3.07. The quantitative estimate of drug-likeness (QED) is 0.499. The zero-order valence-corrected chi connectivity index (χ0v) is 16.5. The number of nitrogens with zero attached hydrogens (tertiary/aromatic N) is 4. The minimum atomic E-state index is -0.284. The average molecular weight is 366 g/mol. The van der Waals surface area contributed by atoms with E-state index in [4.69, 9.17) is 0 Å². The van der Waals surface area contributed by atoms with Crippen molar-refractivity contribution in [2.24, 2.45) is 0 Å². The summed E-state index contributed by atoms with van der Waals surface area (Å²) < 4.78 is 1.68. The van der Waals surface area contributed by atoms with Gasteiger partial charge in [0.2, 0.25) is 5.16 Å². The molecule has 0 radical (unpaired) electrons. The number of tetrazole rings is 1. The summed E-state index contributed by atoms with van der Waals surface area (Å²) in [4.78, 5) is 12.8. The van der Waals surface area contributed by atoms with Crippen molar-refractivity contribution < 1.29 is 4.79 Å². The first-order valence-corrected chi connectivity index (χ1v) is 9.39. The minimum Gasteiger partial charge on any atom is -0.293 e. The molecule has 0 aliphatic rings. The Kier molecular flexibility index (Phi) is 5.23. The monoisotopic (exact) mass is 366 g/mol. The summed E-state index contributed by atoms with van der Waals surface area (Å²) in [5.74, 6) is 0.0766. The zero-order valence-electron chi connectivity index (χ0n) is 15.6. The molecule has 3 aromatic rings. The maximum absolute atomic E-state index is 12.8. The topological polar surface area (TPSA) is 60.7 Å². The minimum absolute atomic E-state index is 0.0766. The van der Waals surface area contributed by atoms with Crippen molar-refractivity contribution in [3.63, 3.8) is 0 Å². The van der Waals surface area contributed by atoms with E-state index in [-0.39, 0.29) is 11.0 Å². The van der Waals surface area contributed by atoms with Crippen LogP contribution in [0, 0.1) is 27.7 Å². The van der Waals surface area contributed by atoms with Gasteiger partial charge in [0.05, 0.1) is 10.9 Å². The Bertz CT molecular complexity index is 964. The van der Waals surface area contributed by atoms with Crippen LogP contribution in [-0.4, -0.2) is 31.2 Å². The summed E-state index contributed by atoms with van der Waals surface area (Å²) in [7, 11) is 0. The normalized spacial score (nSPS) is 12.2. The molecular weight excluding hydrogens is 344 g/mol. The molecule has 0 saturated heterocycles. The second-order valence-electron chi connectivity index (χ2n) is 6.57. The first kappa shape index (κ1) is 18.3. The Labute approximate surface area is 157 Å². The van der Waals surface area contributed by atoms with E-state index in [1.165, 1.54) is 28.5 Å². The van der Waals surface area contributed by atoms with Gasteiger partial charge in [-0.05, 0) is 85.5 Å². The van der Waals surface area contributed by atoms with E-state index in [2.05, 4.69) is 29.4 Å². The highest BCUT2D eigenvalue weighted by Crippen LogP contribution is 2.26. The number of aryl methyl sites for hydroxylation is 4. The van der Waals surface area contributed by atoms with Crippen LogP contribution in [0.3, 0.4) is 0 Å². The molecule has 0 aliphatic carbocycles. The van der Waals surface area contributed by atoms with Crippen LogP contribution >= 0.6 is 11.8 Å². The number of thioether (sulfide) groups is 1. The van der Waals surface area contributed by atoms with E-state index in [0.29, 0.717) is 5.16 Å². The summed E-state index contributed by atoms with van der Waals surface area (Å²) in [6.45, 7) is 10.1. The molecule has 134 valence electrons. The fraction of sp³-hybridized carbons (Fsp3) is 0.300. The molecule has 26 heavy (non-hydrogen) atoms. The SMILES string of the molecule is Cc1ccc(C(=O)[C@@H](C)Sc2nnnn2-c2ccc(C)c(C)c2)cc1C. The van der Waals surface area contributed by atoms with Crippen LogP contribution in [-0.2, 0) is 0 Å². The number of aromatic nitrogens is 4. The molecule has 0 spiro atoms. The highest BCUT2D eigenvalue weighted by Gasteiger charge is 2.21. The van der Waals surface area contributed by atoms with E-state index in [1.54, 1.807) is 4.68 Å². The predicted octanol–water partition coefficient (Wildman–Crippen LogP) is 4.26. The number of carbonyl (C=O) groups is 1. The molecule has 2 aromatic carbocycles. The lowest BCUT2D eigenvalue weighted by atomic mass is 10.0. The van der Waals surface area contributed by atoms with Crippen LogP contribution in [0.2, 0.25) is 0 Å². The standard InChI is InChI=1S/C20H22N4OS/c1-12-6-8-17(10-14(12)3)19(25)16(5)26-20-21-22-23-24(20)18-9-7-13(2)15(4)11-18/h6-11,16H,1-5H3/t16-/m1/s1. The van der Waals surface area contributed by atoms with Crippen molar-refractivity contribution in [3.05, 3.63) is 64.2 Å². The molecule has 0 amide bonds. The van der Waals surface area contributed by atoms with Crippen molar-refractivity contribution in [2.45, 2.75) is 45.0 Å². The molecular formula is C20H22N4OS. The molecule has 0 N–H and O–H groups in total. The Hall–Kier alpha value is -2.47. The number of Topliss-reactive ketones (excluding diaryl/α,β-unsaturated/α-hetero) is 1. The molecule has 3 rings (SSSR count). The maximum Gasteiger partial charge on any atom is 0.214 e. The lowest BCUT2D eigenvalue weighted by Gasteiger charge is -2.12. The third-order valence-corrected chi connectivity index (χ3v) is 5.65. The summed E-state index contributed by atoms with van der Waals surface area (Å²) in [5.41, 5.74) is 6.31. The fourth-order valence-electron chi connectivity index (χ4n) is 2.61. The Morgan fingerprint density at radius 2 is 1.62 bits per heavy atom. The smallest absolute Gasteiger partial charge is 0.214 e. The second kappa shape index (κ2) is 7.41. The number of carbonyl (C=O) groups excluding carboxylic acids is 1. The Morgan fingerprint density at radius 1 is 0.962 bits per heavy atom. The van der Waals surface area contributed by atoms with Crippen molar-refractivity contribution in [2.75, 3.05) is 0 Å². The van der Waals surface area contributed by atoms with E-state index in [1.807, 2.05) is 57.2 Å². The van der Waals surface area contributed by atoms with Gasteiger partial charge in [0.1, 0.15) is 0 Å². The van der Waals surface area contributed by atoms with Gasteiger partial charge >= 0.3 is 0 Å². The molecule has 0 saturated carbocycles. The number of rotatable bonds is 5. The molecule has 5 nitrogen and oxygen atoms in total. The van der Waals surface area contributed by atoms with Gasteiger partial charge in [0, 0.05) is 5.56 Å². The number of ketones is 1. The fourth-order valence-corrected chi connectivity index (χ4v) is 3.50. The van der Waals surface area contributed by atoms with Gasteiger partial charge in [-0.2, -0.15) is 4.68 Å². The van der Waals surface area contributed by atoms with Gasteiger partial charge in [0.25, 0.3) is 0 Å². The van der Waals surface area contributed by atoms with E-state index in [9.17, 15) is 4.79 Å². The van der Waals surface area contributed by atoms with Crippen LogP contribution < -0.4 is 0 Å². The van der Waals surface area contributed by atoms with Crippen molar-refractivity contribution in [1.82, 2.24) is 20.2 Å². The molecule has 0 aliphatic heterocycles. The van der Waals surface area contributed by atoms with Crippen LogP contribution in [0.25, 0.3) is 5.69 Å². The second-order valence-corrected chi connectivity index (χ2v) is 7.87. The first-order valence-electron chi connectivity index (χ1n) is 8.51. The largest absolute Gasteiger partial charge is 0.293 e. The Morgan fingerprint density at radius 3 is 2.27 bits per heavy atom. The van der Waals surface area contributed by atoms with Crippen molar-refractivity contribution >= 4 is 17.5 Å². The number of benzene rings is 2. The van der Waals surface area contributed by atoms with Crippen LogP contribution in [0.5, 0.6) is 0 Å². The maximum atomic E-state index is 12.8. The van der Waals surface area contributed by atoms with Gasteiger partial charge in [0.15, 0.2) is 5.78 Å². The zero-order chi connectivity index (χ0) is 18.8. The third kappa shape index (κ3) is 3.70. The van der Waals surface area contributed by atoms with Crippen LogP contribution in [0.1, 0.15) is 39.5 Å². The van der Waals surface area contributed by atoms with Gasteiger partial charge in [-0.3, -0.25) is 4.79 Å². The van der Waals surface area contributed by atoms with Crippen molar-refractivity contribution in [3.8, 4) is 5.69 Å². The predicted molar refractivity (Wildman–Crippen MR) is 104 cm³/mol. The highest BCUT2D eigenvalue weighted by atomic mass is 32.2. The summed E-state index contributed by atoms with van der Waals surface area (Å²) in [5, 5.41) is 12.3. The summed E-state index contributed by atoms with van der Waals surface area (Å²) >= 11 is 1.37. The van der Waals surface area contributed by atoms with Crippen LogP contribution in [0.15, 0.2) is 41.6 Å². The first-order chi connectivity index (χ1) is 12.4. The summed E-state index contributed by atoms with van der Waals surface area (Å²) in [6.07, 6.45) is 0. The van der Waals surface area contributed by atoms with E-state index >= 15 is 0 Å².